The molecule has 0 radical (unpaired) electrons. The van der Waals surface area contributed by atoms with Gasteiger partial charge in [-0.3, -0.25) is 0 Å². The number of methoxy groups -OCH3 is 1. The number of pyridine rings is 1. The van der Waals surface area contributed by atoms with Gasteiger partial charge in [0.25, 0.3) is 0 Å². The molecule has 1 aromatic heterocycles. The molecule has 102 valence electrons. The van der Waals surface area contributed by atoms with Gasteiger partial charge in [-0.05, 0) is 30.2 Å². The van der Waals surface area contributed by atoms with Crippen LogP contribution in [-0.4, -0.2) is 18.6 Å². The summed E-state index contributed by atoms with van der Waals surface area (Å²) in [6, 6.07) is 11.5. The van der Waals surface area contributed by atoms with Crippen molar-refractivity contribution in [1.82, 2.24) is 4.98 Å². The largest absolute Gasteiger partial charge is 0.497 e. The third-order valence-electron chi connectivity index (χ3n) is 2.95. The minimum atomic E-state index is 0.389. The Kier molecular flexibility index (Phi) is 4.40. The van der Waals surface area contributed by atoms with Crippen molar-refractivity contribution in [3.05, 3.63) is 47.7 Å². The number of nitrogens with zero attached hydrogens (tertiary/aromatic N) is 2. The van der Waals surface area contributed by atoms with E-state index in [1.165, 1.54) is 0 Å². The molecule has 5 nitrogen and oxygen atoms in total. The van der Waals surface area contributed by atoms with Gasteiger partial charge in [-0.15, -0.1) is 0 Å². The van der Waals surface area contributed by atoms with E-state index in [1.54, 1.807) is 19.4 Å². The van der Waals surface area contributed by atoms with E-state index in [9.17, 15) is 0 Å². The fourth-order valence-electron chi connectivity index (χ4n) is 1.86. The van der Waals surface area contributed by atoms with Crippen LogP contribution < -0.4 is 15.8 Å². The summed E-state index contributed by atoms with van der Waals surface area (Å²) < 4.78 is 5.18. The Hall–Kier alpha value is -2.74. The predicted molar refractivity (Wildman–Crippen MR) is 78.6 cm³/mol. The van der Waals surface area contributed by atoms with Crippen LogP contribution >= 0.6 is 0 Å². The highest BCUT2D eigenvalue weighted by atomic mass is 16.5. The van der Waals surface area contributed by atoms with Gasteiger partial charge >= 0.3 is 0 Å². The number of hydrogen-bond acceptors (Lipinski definition) is 5. The van der Waals surface area contributed by atoms with E-state index in [2.05, 4.69) is 10.3 Å². The van der Waals surface area contributed by atoms with Crippen molar-refractivity contribution in [2.24, 2.45) is 0 Å². The van der Waals surface area contributed by atoms with Crippen molar-refractivity contribution >= 4 is 11.5 Å². The zero-order valence-electron chi connectivity index (χ0n) is 11.3. The lowest BCUT2D eigenvalue weighted by Crippen LogP contribution is -2.09. The molecule has 5 heteroatoms. The van der Waals surface area contributed by atoms with Crippen molar-refractivity contribution in [3.63, 3.8) is 0 Å². The molecule has 1 heterocycles. The van der Waals surface area contributed by atoms with E-state index in [4.69, 9.17) is 15.7 Å². The Balaban J connectivity index is 1.98. The number of ether oxygens (including phenoxy) is 1. The highest BCUT2D eigenvalue weighted by Crippen LogP contribution is 2.19. The van der Waals surface area contributed by atoms with Crippen LogP contribution in [0.3, 0.4) is 0 Å². The summed E-state index contributed by atoms with van der Waals surface area (Å²) in [4.78, 5) is 4.14. The molecule has 2 rings (SSSR count). The second-order valence-electron chi connectivity index (χ2n) is 4.26. The van der Waals surface area contributed by atoms with E-state index in [-0.39, 0.29) is 0 Å². The summed E-state index contributed by atoms with van der Waals surface area (Å²) in [7, 11) is 1.65. The molecule has 0 amide bonds. The highest BCUT2D eigenvalue weighted by Gasteiger charge is 2.05. The third kappa shape index (κ3) is 3.18. The summed E-state index contributed by atoms with van der Waals surface area (Å²) in [5, 5.41) is 12.1. The van der Waals surface area contributed by atoms with Gasteiger partial charge < -0.3 is 15.8 Å². The van der Waals surface area contributed by atoms with Crippen molar-refractivity contribution in [2.75, 3.05) is 24.7 Å². The van der Waals surface area contributed by atoms with Gasteiger partial charge in [0, 0.05) is 12.7 Å². The molecular formula is C15H16N4O. The van der Waals surface area contributed by atoms with Gasteiger partial charge in [0.05, 0.1) is 18.4 Å². The number of nitrogens with one attached hydrogen (secondary N) is 1. The molecule has 2 aromatic rings. The summed E-state index contributed by atoms with van der Waals surface area (Å²) in [6.45, 7) is 0.680. The molecule has 1 aromatic carbocycles. The first-order chi connectivity index (χ1) is 9.74. The number of nitrogens with two attached hydrogens (primary N) is 1. The molecule has 0 saturated heterocycles. The number of rotatable bonds is 5. The molecule has 0 spiro atoms. The maximum absolute atomic E-state index is 8.90. The summed E-state index contributed by atoms with van der Waals surface area (Å²) in [5.74, 6) is 1.39. The van der Waals surface area contributed by atoms with E-state index < -0.39 is 0 Å². The number of aromatic nitrogens is 1. The van der Waals surface area contributed by atoms with Gasteiger partial charge in [0.15, 0.2) is 5.82 Å². The number of benzene rings is 1. The average Bonchev–Trinajstić information content (AvgIpc) is 2.49. The molecule has 3 N–H and O–H groups in total. The van der Waals surface area contributed by atoms with E-state index in [0.29, 0.717) is 23.6 Å². The number of hydrogen-bond donors (Lipinski definition) is 2. The Morgan fingerprint density at radius 2 is 2.25 bits per heavy atom. The second-order valence-corrected chi connectivity index (χ2v) is 4.26. The van der Waals surface area contributed by atoms with Crippen LogP contribution in [0, 0.1) is 11.3 Å². The van der Waals surface area contributed by atoms with E-state index in [1.807, 2.05) is 30.3 Å². The second kappa shape index (κ2) is 6.43. The quantitative estimate of drug-likeness (QED) is 0.868. The van der Waals surface area contributed by atoms with E-state index in [0.717, 1.165) is 17.7 Å². The first kappa shape index (κ1) is 13.7. The minimum absolute atomic E-state index is 0.389. The molecule has 0 aliphatic heterocycles. The zero-order valence-corrected chi connectivity index (χ0v) is 11.3. The molecule has 0 unspecified atom stereocenters. The van der Waals surface area contributed by atoms with Gasteiger partial charge in [-0.25, -0.2) is 4.98 Å². The van der Waals surface area contributed by atoms with Crippen LogP contribution in [0.1, 0.15) is 11.1 Å². The van der Waals surface area contributed by atoms with Gasteiger partial charge in [0.2, 0.25) is 0 Å². The number of nitrogen functional groups attached to an aromatic ring is 1. The SMILES string of the molecule is COc1cccc(CCNc2nccc(C#N)c2N)c1. The van der Waals surface area contributed by atoms with Crippen LogP contribution in [0.5, 0.6) is 5.75 Å². The maximum atomic E-state index is 8.90. The van der Waals surface area contributed by atoms with E-state index >= 15 is 0 Å². The average molecular weight is 268 g/mol. The summed E-state index contributed by atoms with van der Waals surface area (Å²) in [6.07, 6.45) is 2.39. The van der Waals surface area contributed by atoms with Gasteiger partial charge in [-0.2, -0.15) is 5.26 Å². The van der Waals surface area contributed by atoms with Crippen molar-refractivity contribution in [1.29, 1.82) is 5.26 Å². The monoisotopic (exact) mass is 268 g/mol. The fourth-order valence-corrected chi connectivity index (χ4v) is 1.86. The Bertz CT molecular complexity index is 634. The molecule has 0 aliphatic carbocycles. The number of nitriles is 1. The van der Waals surface area contributed by atoms with Crippen molar-refractivity contribution in [3.8, 4) is 11.8 Å². The first-order valence-electron chi connectivity index (χ1n) is 6.26. The first-order valence-corrected chi connectivity index (χ1v) is 6.26. The number of anilines is 2. The molecule has 0 saturated carbocycles. The Morgan fingerprint density at radius 1 is 1.40 bits per heavy atom. The van der Waals surface area contributed by atoms with Crippen molar-refractivity contribution < 1.29 is 4.74 Å². The molecule has 0 aliphatic rings. The van der Waals surface area contributed by atoms with Crippen LogP contribution in [0.15, 0.2) is 36.5 Å². The van der Waals surface area contributed by atoms with Crippen LogP contribution in [0.2, 0.25) is 0 Å². The van der Waals surface area contributed by atoms with Crippen LogP contribution in [0.4, 0.5) is 11.5 Å². The Morgan fingerprint density at radius 3 is 3.00 bits per heavy atom. The third-order valence-corrected chi connectivity index (χ3v) is 2.95. The maximum Gasteiger partial charge on any atom is 0.150 e. The molecular weight excluding hydrogens is 252 g/mol. The molecule has 0 fully saturated rings. The topological polar surface area (TPSA) is 84.0 Å². The normalized spacial score (nSPS) is 9.80. The smallest absolute Gasteiger partial charge is 0.150 e. The van der Waals surface area contributed by atoms with Crippen molar-refractivity contribution in [2.45, 2.75) is 6.42 Å². The molecule has 0 bridgehead atoms. The molecule has 20 heavy (non-hydrogen) atoms. The standard InChI is InChI=1S/C15H16N4O/c1-20-13-4-2-3-11(9-13)5-7-18-15-14(17)12(10-16)6-8-19-15/h2-4,6,8-9H,5,7,17H2,1H3,(H,18,19). The molecule has 0 atom stereocenters. The van der Waals surface area contributed by atoms with Crippen LogP contribution in [-0.2, 0) is 6.42 Å². The van der Waals surface area contributed by atoms with Gasteiger partial charge in [-0.1, -0.05) is 12.1 Å². The lowest BCUT2D eigenvalue weighted by Gasteiger charge is -2.09. The highest BCUT2D eigenvalue weighted by molar-refractivity contribution is 5.68. The fraction of sp³-hybridized carbons (Fsp3) is 0.200. The lowest BCUT2D eigenvalue weighted by molar-refractivity contribution is 0.414. The lowest BCUT2D eigenvalue weighted by atomic mass is 10.1. The van der Waals surface area contributed by atoms with Gasteiger partial charge in [0.1, 0.15) is 11.8 Å². The minimum Gasteiger partial charge on any atom is -0.497 e. The predicted octanol–water partition coefficient (Wildman–Crippen LogP) is 2.20. The van der Waals surface area contributed by atoms with Crippen LogP contribution in [0.25, 0.3) is 0 Å². The zero-order chi connectivity index (χ0) is 14.4. The summed E-state index contributed by atoms with van der Waals surface area (Å²) >= 11 is 0. The Labute approximate surface area is 118 Å². The summed E-state index contributed by atoms with van der Waals surface area (Å²) in [5.41, 5.74) is 7.83.